The van der Waals surface area contributed by atoms with E-state index in [4.69, 9.17) is 0 Å². The van der Waals surface area contributed by atoms with Crippen LogP contribution in [0, 0.1) is 0 Å². The molecule has 0 saturated carbocycles. The van der Waals surface area contributed by atoms with Crippen molar-refractivity contribution in [2.45, 2.75) is 0 Å². The van der Waals surface area contributed by atoms with E-state index in [2.05, 4.69) is 30.0 Å². The Labute approximate surface area is 59.5 Å². The third-order valence-electron chi connectivity index (χ3n) is 0.907. The first-order chi connectivity index (χ1) is 4.97. The molecule has 2 heterocycles. The van der Waals surface area contributed by atoms with Crippen LogP contribution in [0.1, 0.15) is 0 Å². The highest BCUT2D eigenvalue weighted by Crippen LogP contribution is 2.05. The zero-order valence-electron chi connectivity index (χ0n) is 4.72. The number of nitrogens with one attached hydrogen (secondary N) is 1. The smallest absolute Gasteiger partial charge is 0.220 e. The number of aromatic nitrogens is 6. The molecule has 0 saturated heterocycles. The molecule has 1 N–H and O–H groups in total. The molecule has 0 radical (unpaired) electrons. The quantitative estimate of drug-likeness (QED) is 0.610. The van der Waals surface area contributed by atoms with Gasteiger partial charge in [-0.25, -0.2) is 4.98 Å². The lowest BCUT2D eigenvalue weighted by molar-refractivity contribution is 0.881. The van der Waals surface area contributed by atoms with Crippen molar-refractivity contribution in [3.8, 4) is 11.6 Å². The number of hydrogen-bond acceptors (Lipinski definition) is 6. The normalized spacial score (nSPS) is 10.0. The Morgan fingerprint density at radius 1 is 1.40 bits per heavy atom. The SMILES string of the molecule is c1nc(-c2nn[nH]n2)ns1. The fourth-order valence-corrected chi connectivity index (χ4v) is 0.948. The number of nitrogens with zero attached hydrogens (tertiary/aromatic N) is 5. The standard InChI is InChI=1S/C3H2N6S/c1-4-2(7-10-1)3-5-8-9-6-3/h1H,(H,5,6,8,9). The molecule has 0 amide bonds. The highest BCUT2D eigenvalue weighted by atomic mass is 32.1. The molecular weight excluding hydrogens is 152 g/mol. The van der Waals surface area contributed by atoms with Crippen molar-refractivity contribution in [3.63, 3.8) is 0 Å². The van der Waals surface area contributed by atoms with Crippen LogP contribution >= 0.6 is 11.5 Å². The van der Waals surface area contributed by atoms with Gasteiger partial charge in [0.1, 0.15) is 5.51 Å². The Bertz CT molecular complexity index is 252. The van der Waals surface area contributed by atoms with E-state index in [-0.39, 0.29) is 0 Å². The van der Waals surface area contributed by atoms with Crippen LogP contribution in [0.25, 0.3) is 11.6 Å². The lowest BCUT2D eigenvalue weighted by Gasteiger charge is -1.76. The van der Waals surface area contributed by atoms with Crippen LogP contribution in [0.3, 0.4) is 0 Å². The number of aromatic amines is 1. The van der Waals surface area contributed by atoms with Gasteiger partial charge in [-0.1, -0.05) is 0 Å². The molecule has 0 bridgehead atoms. The Balaban J connectivity index is 2.48. The second-order valence-corrected chi connectivity index (χ2v) is 2.09. The molecule has 0 aliphatic carbocycles. The van der Waals surface area contributed by atoms with Gasteiger partial charge < -0.3 is 0 Å². The van der Waals surface area contributed by atoms with Crippen LogP contribution < -0.4 is 0 Å². The highest BCUT2D eigenvalue weighted by molar-refractivity contribution is 7.03. The van der Waals surface area contributed by atoms with Crippen molar-refractivity contribution in [3.05, 3.63) is 5.51 Å². The maximum atomic E-state index is 3.90. The molecule has 7 heteroatoms. The first-order valence-electron chi connectivity index (χ1n) is 2.47. The first-order valence-corrected chi connectivity index (χ1v) is 3.30. The zero-order valence-corrected chi connectivity index (χ0v) is 5.54. The van der Waals surface area contributed by atoms with Gasteiger partial charge in [-0.05, 0) is 16.7 Å². The minimum absolute atomic E-state index is 0.432. The largest absolute Gasteiger partial charge is 0.242 e. The van der Waals surface area contributed by atoms with E-state index < -0.39 is 0 Å². The third-order valence-corrected chi connectivity index (χ3v) is 1.38. The average Bonchev–Trinajstić information content (AvgIpc) is 2.59. The van der Waals surface area contributed by atoms with Crippen LogP contribution in [0.2, 0.25) is 0 Å². The minimum atomic E-state index is 0.432. The zero-order chi connectivity index (χ0) is 6.81. The minimum Gasteiger partial charge on any atom is -0.220 e. The third kappa shape index (κ3) is 0.760. The summed E-state index contributed by atoms with van der Waals surface area (Å²) in [5, 5.41) is 13.1. The fraction of sp³-hybridized carbons (Fsp3) is 0. The van der Waals surface area contributed by atoms with Crippen LogP contribution in [0.15, 0.2) is 5.51 Å². The molecule has 0 atom stereocenters. The Morgan fingerprint density at radius 2 is 2.40 bits per heavy atom. The van der Waals surface area contributed by atoms with Gasteiger partial charge in [-0.15, -0.1) is 10.2 Å². The second kappa shape index (κ2) is 2.10. The molecule has 2 aromatic heterocycles. The van der Waals surface area contributed by atoms with Gasteiger partial charge in [0.05, 0.1) is 0 Å². The van der Waals surface area contributed by atoms with Crippen LogP contribution in [0.4, 0.5) is 0 Å². The van der Waals surface area contributed by atoms with Crippen molar-refractivity contribution >= 4 is 11.5 Å². The molecule has 0 aromatic carbocycles. The van der Waals surface area contributed by atoms with E-state index in [1.54, 1.807) is 5.51 Å². The van der Waals surface area contributed by atoms with Gasteiger partial charge in [0.25, 0.3) is 0 Å². The van der Waals surface area contributed by atoms with Gasteiger partial charge in [-0.2, -0.15) is 9.59 Å². The van der Waals surface area contributed by atoms with Crippen molar-refractivity contribution in [2.24, 2.45) is 0 Å². The molecule has 0 aliphatic heterocycles. The Morgan fingerprint density at radius 3 is 3.00 bits per heavy atom. The fourth-order valence-electron chi connectivity index (χ4n) is 0.526. The predicted molar refractivity (Wildman–Crippen MR) is 33.1 cm³/mol. The lowest BCUT2D eigenvalue weighted by Crippen LogP contribution is -1.81. The van der Waals surface area contributed by atoms with Gasteiger partial charge >= 0.3 is 0 Å². The lowest BCUT2D eigenvalue weighted by atomic mass is 10.6. The van der Waals surface area contributed by atoms with E-state index >= 15 is 0 Å². The number of tetrazole rings is 1. The summed E-state index contributed by atoms with van der Waals surface area (Å²) in [6.45, 7) is 0. The summed E-state index contributed by atoms with van der Waals surface area (Å²) in [5.41, 5.74) is 1.62. The molecule has 10 heavy (non-hydrogen) atoms. The first kappa shape index (κ1) is 5.42. The van der Waals surface area contributed by atoms with Crippen molar-refractivity contribution in [1.82, 2.24) is 30.0 Å². The molecule has 2 aromatic rings. The van der Waals surface area contributed by atoms with Crippen molar-refractivity contribution < 1.29 is 0 Å². The van der Waals surface area contributed by atoms with E-state index in [0.29, 0.717) is 11.6 Å². The van der Waals surface area contributed by atoms with Gasteiger partial charge in [0, 0.05) is 0 Å². The van der Waals surface area contributed by atoms with Crippen molar-refractivity contribution in [1.29, 1.82) is 0 Å². The topological polar surface area (TPSA) is 80.2 Å². The Hall–Kier alpha value is -1.37. The molecule has 0 spiro atoms. The molecule has 6 nitrogen and oxygen atoms in total. The monoisotopic (exact) mass is 154 g/mol. The maximum Gasteiger partial charge on any atom is 0.242 e. The number of hydrogen-bond donors (Lipinski definition) is 1. The maximum absolute atomic E-state index is 3.90. The van der Waals surface area contributed by atoms with E-state index in [1.807, 2.05) is 0 Å². The Kier molecular flexibility index (Phi) is 1.14. The molecule has 2 rings (SSSR count). The van der Waals surface area contributed by atoms with Crippen molar-refractivity contribution in [2.75, 3.05) is 0 Å². The predicted octanol–water partition coefficient (Wildman–Crippen LogP) is -0.282. The van der Waals surface area contributed by atoms with Gasteiger partial charge in [0.2, 0.25) is 11.6 Å². The average molecular weight is 154 g/mol. The summed E-state index contributed by atoms with van der Waals surface area (Å²) in [5.74, 6) is 0.944. The second-order valence-electron chi connectivity index (χ2n) is 1.49. The van der Waals surface area contributed by atoms with E-state index in [0.717, 1.165) is 0 Å². The number of rotatable bonds is 1. The summed E-state index contributed by atoms with van der Waals surface area (Å²) in [6, 6.07) is 0. The van der Waals surface area contributed by atoms with E-state index in [1.165, 1.54) is 11.5 Å². The molecular formula is C3H2N6S. The number of H-pyrrole nitrogens is 1. The van der Waals surface area contributed by atoms with E-state index in [9.17, 15) is 0 Å². The van der Waals surface area contributed by atoms with Gasteiger partial charge in [0.15, 0.2) is 0 Å². The van der Waals surface area contributed by atoms with Crippen LogP contribution in [-0.4, -0.2) is 30.0 Å². The summed E-state index contributed by atoms with van der Waals surface area (Å²) >= 11 is 1.26. The molecule has 50 valence electrons. The summed E-state index contributed by atoms with van der Waals surface area (Å²) in [6.07, 6.45) is 0. The molecule has 0 fully saturated rings. The molecule has 0 aliphatic rings. The summed E-state index contributed by atoms with van der Waals surface area (Å²) in [4.78, 5) is 3.88. The highest BCUT2D eigenvalue weighted by Gasteiger charge is 2.04. The summed E-state index contributed by atoms with van der Waals surface area (Å²) in [7, 11) is 0. The summed E-state index contributed by atoms with van der Waals surface area (Å²) < 4.78 is 3.90. The van der Waals surface area contributed by atoms with Crippen LogP contribution in [-0.2, 0) is 0 Å². The van der Waals surface area contributed by atoms with Crippen LogP contribution in [0.5, 0.6) is 0 Å². The molecule has 0 unspecified atom stereocenters. The van der Waals surface area contributed by atoms with Gasteiger partial charge in [-0.3, -0.25) is 0 Å².